The van der Waals surface area contributed by atoms with Crippen LogP contribution in [0.15, 0.2) is 36.9 Å². The van der Waals surface area contributed by atoms with E-state index in [2.05, 4.69) is 30.1 Å². The number of nitrogens with zero attached hydrogens (tertiary/aromatic N) is 1. The van der Waals surface area contributed by atoms with E-state index in [1.165, 1.54) is 5.56 Å². The van der Waals surface area contributed by atoms with Crippen LogP contribution in [0.3, 0.4) is 0 Å². The molecule has 3 rings (SSSR count). The first-order valence-electron chi connectivity index (χ1n) is 6.16. The number of carbonyl (C=O) groups excluding carboxylic acids is 1. The van der Waals surface area contributed by atoms with E-state index in [0.717, 1.165) is 18.5 Å². The molecule has 2 aliphatic heterocycles. The van der Waals surface area contributed by atoms with Crippen LogP contribution in [0.1, 0.15) is 12.0 Å². The molecule has 0 saturated carbocycles. The summed E-state index contributed by atoms with van der Waals surface area (Å²) < 4.78 is 0. The maximum absolute atomic E-state index is 12.0. The van der Waals surface area contributed by atoms with Crippen LogP contribution in [0.4, 0.5) is 5.69 Å². The number of para-hydroxylation sites is 1. The van der Waals surface area contributed by atoms with Gasteiger partial charge in [0, 0.05) is 18.7 Å². The fraction of sp³-hybridized carbons (Fsp3) is 0.357. The molecule has 94 valence electrons. The number of thioether (sulfide) groups is 1. The predicted octanol–water partition coefficient (Wildman–Crippen LogP) is 2.46. The Bertz CT molecular complexity index is 502. The van der Waals surface area contributed by atoms with Crippen LogP contribution in [-0.4, -0.2) is 28.1 Å². The van der Waals surface area contributed by atoms with Gasteiger partial charge in [0.15, 0.2) is 4.99 Å². The van der Waals surface area contributed by atoms with Gasteiger partial charge < -0.3 is 10.2 Å². The van der Waals surface area contributed by atoms with Crippen LogP contribution < -0.4 is 5.32 Å². The highest BCUT2D eigenvalue weighted by Crippen LogP contribution is 2.44. The average molecular weight is 260 g/mol. The molecule has 1 aromatic rings. The van der Waals surface area contributed by atoms with Crippen molar-refractivity contribution in [1.29, 1.82) is 0 Å². The minimum absolute atomic E-state index is 0.201. The van der Waals surface area contributed by atoms with Gasteiger partial charge in [-0.1, -0.05) is 24.3 Å². The first-order chi connectivity index (χ1) is 8.75. The molecule has 1 atom stereocenters. The summed E-state index contributed by atoms with van der Waals surface area (Å²) in [5.41, 5.74) is 2.49. The first-order valence-corrected chi connectivity index (χ1v) is 7.15. The lowest BCUT2D eigenvalue weighted by atomic mass is 10.0. The van der Waals surface area contributed by atoms with Crippen LogP contribution >= 0.6 is 11.8 Å². The van der Waals surface area contributed by atoms with E-state index >= 15 is 0 Å². The van der Waals surface area contributed by atoms with Crippen molar-refractivity contribution in [2.45, 2.75) is 17.8 Å². The summed E-state index contributed by atoms with van der Waals surface area (Å²) in [6, 6.07) is 8.33. The molecule has 0 aromatic heterocycles. The standard InChI is InChI=1S/C14H16N2OS/c1-2-9-16-13(17)10-18-14(16)8-7-11-5-3-4-6-12(11)15-14/h2-6,15H,1,7-10H2. The molecule has 4 heteroatoms. The molecule has 2 aliphatic rings. The molecule has 1 fully saturated rings. The van der Waals surface area contributed by atoms with Crippen molar-refractivity contribution in [3.63, 3.8) is 0 Å². The Balaban J connectivity index is 1.93. The van der Waals surface area contributed by atoms with Gasteiger partial charge in [0.05, 0.1) is 5.75 Å². The zero-order valence-electron chi connectivity index (χ0n) is 10.2. The topological polar surface area (TPSA) is 32.3 Å². The summed E-state index contributed by atoms with van der Waals surface area (Å²) in [5, 5.41) is 3.56. The Kier molecular flexibility index (Phi) is 2.82. The normalized spacial score (nSPS) is 26.0. The van der Waals surface area contributed by atoms with E-state index in [9.17, 15) is 4.79 Å². The zero-order valence-corrected chi connectivity index (χ0v) is 11.0. The molecule has 1 aromatic carbocycles. The van der Waals surface area contributed by atoms with Gasteiger partial charge in [-0.25, -0.2) is 0 Å². The minimum atomic E-state index is -0.264. The second-order valence-corrected chi connectivity index (χ2v) is 5.90. The van der Waals surface area contributed by atoms with Gasteiger partial charge in [-0.2, -0.15) is 0 Å². The van der Waals surface area contributed by atoms with Crippen LogP contribution in [0.5, 0.6) is 0 Å². The summed E-state index contributed by atoms with van der Waals surface area (Å²) in [6.07, 6.45) is 3.76. The molecule has 1 unspecified atom stereocenters. The van der Waals surface area contributed by atoms with Gasteiger partial charge in [-0.3, -0.25) is 4.79 Å². The number of aryl methyl sites for hydroxylation is 1. The molecule has 1 N–H and O–H groups in total. The van der Waals surface area contributed by atoms with E-state index in [1.807, 2.05) is 11.0 Å². The van der Waals surface area contributed by atoms with E-state index < -0.39 is 0 Å². The first kappa shape index (κ1) is 11.7. The Morgan fingerprint density at radius 3 is 3.17 bits per heavy atom. The van der Waals surface area contributed by atoms with Crippen LogP contribution in [0, 0.1) is 0 Å². The van der Waals surface area contributed by atoms with Crippen LogP contribution in [0.2, 0.25) is 0 Å². The number of anilines is 1. The second kappa shape index (κ2) is 4.35. The van der Waals surface area contributed by atoms with E-state index in [0.29, 0.717) is 12.3 Å². The monoisotopic (exact) mass is 260 g/mol. The third-order valence-electron chi connectivity index (χ3n) is 3.56. The maximum atomic E-state index is 12.0. The predicted molar refractivity (Wildman–Crippen MR) is 75.5 cm³/mol. The van der Waals surface area contributed by atoms with Gasteiger partial charge in [-0.05, 0) is 18.1 Å². The maximum Gasteiger partial charge on any atom is 0.235 e. The molecule has 0 bridgehead atoms. The number of fused-ring (bicyclic) bond motifs is 1. The fourth-order valence-electron chi connectivity index (χ4n) is 2.66. The Morgan fingerprint density at radius 1 is 1.50 bits per heavy atom. The SMILES string of the molecule is C=CCN1C(=O)CSC12CCc1ccccc1N2. The number of benzene rings is 1. The highest BCUT2D eigenvalue weighted by Gasteiger charge is 2.47. The van der Waals surface area contributed by atoms with Crippen molar-refractivity contribution < 1.29 is 4.79 Å². The zero-order chi connectivity index (χ0) is 12.6. The van der Waals surface area contributed by atoms with E-state index in [4.69, 9.17) is 0 Å². The highest BCUT2D eigenvalue weighted by molar-refractivity contribution is 8.01. The number of hydrogen-bond donors (Lipinski definition) is 1. The third kappa shape index (κ3) is 1.72. The van der Waals surface area contributed by atoms with Crippen LogP contribution in [0.25, 0.3) is 0 Å². The molecular weight excluding hydrogens is 244 g/mol. The summed E-state index contributed by atoms with van der Waals surface area (Å²) in [6.45, 7) is 4.36. The smallest absolute Gasteiger partial charge is 0.235 e. The summed E-state index contributed by atoms with van der Waals surface area (Å²) in [5.74, 6) is 0.759. The minimum Gasteiger partial charge on any atom is -0.354 e. The number of carbonyl (C=O) groups is 1. The van der Waals surface area contributed by atoms with Gasteiger partial charge in [-0.15, -0.1) is 18.3 Å². The van der Waals surface area contributed by atoms with Crippen molar-refractivity contribution in [2.24, 2.45) is 0 Å². The number of hydrogen-bond acceptors (Lipinski definition) is 3. The lowest BCUT2D eigenvalue weighted by Crippen LogP contribution is -2.52. The Morgan fingerprint density at radius 2 is 2.33 bits per heavy atom. The van der Waals surface area contributed by atoms with Gasteiger partial charge in [0.25, 0.3) is 0 Å². The summed E-state index contributed by atoms with van der Waals surface area (Å²) in [4.78, 5) is 13.6. The molecule has 0 radical (unpaired) electrons. The number of amides is 1. The van der Waals surface area contributed by atoms with Crippen molar-refractivity contribution in [3.05, 3.63) is 42.5 Å². The fourth-order valence-corrected chi connectivity index (χ4v) is 3.94. The van der Waals surface area contributed by atoms with Crippen molar-refractivity contribution in [3.8, 4) is 0 Å². The lowest BCUT2D eigenvalue weighted by Gasteiger charge is -2.42. The summed E-state index contributed by atoms with van der Waals surface area (Å²) >= 11 is 1.70. The number of rotatable bonds is 2. The molecule has 1 spiro atoms. The van der Waals surface area contributed by atoms with E-state index in [1.54, 1.807) is 17.8 Å². The quantitative estimate of drug-likeness (QED) is 0.829. The van der Waals surface area contributed by atoms with Crippen LogP contribution in [-0.2, 0) is 11.2 Å². The van der Waals surface area contributed by atoms with Gasteiger partial charge >= 0.3 is 0 Å². The van der Waals surface area contributed by atoms with Crippen molar-refractivity contribution in [2.75, 3.05) is 17.6 Å². The highest BCUT2D eigenvalue weighted by atomic mass is 32.2. The molecule has 3 nitrogen and oxygen atoms in total. The van der Waals surface area contributed by atoms with Crippen molar-refractivity contribution in [1.82, 2.24) is 4.90 Å². The van der Waals surface area contributed by atoms with Gasteiger partial charge in [0.2, 0.25) is 5.91 Å². The summed E-state index contributed by atoms with van der Waals surface area (Å²) in [7, 11) is 0. The largest absolute Gasteiger partial charge is 0.354 e. The van der Waals surface area contributed by atoms with Crippen molar-refractivity contribution >= 4 is 23.4 Å². The molecule has 0 aliphatic carbocycles. The second-order valence-electron chi connectivity index (χ2n) is 4.65. The Labute approximate surface area is 111 Å². The van der Waals surface area contributed by atoms with Gasteiger partial charge in [0.1, 0.15) is 0 Å². The molecule has 18 heavy (non-hydrogen) atoms. The average Bonchev–Trinajstić information content (AvgIpc) is 2.69. The third-order valence-corrected chi connectivity index (χ3v) is 4.96. The molecule has 1 saturated heterocycles. The molecule has 1 amide bonds. The Hall–Kier alpha value is -1.42. The lowest BCUT2D eigenvalue weighted by molar-refractivity contribution is -0.129. The molecule has 2 heterocycles. The van der Waals surface area contributed by atoms with E-state index in [-0.39, 0.29) is 10.9 Å². The molecular formula is C14H16N2OS. The number of nitrogens with one attached hydrogen (secondary N) is 1.